The van der Waals surface area contributed by atoms with Gasteiger partial charge in [-0.2, -0.15) is 0 Å². The number of rotatable bonds is 4. The summed E-state index contributed by atoms with van der Waals surface area (Å²) in [4.78, 5) is 4.15. The molecule has 0 bridgehead atoms. The summed E-state index contributed by atoms with van der Waals surface area (Å²) in [6.45, 7) is 6.68. The summed E-state index contributed by atoms with van der Waals surface area (Å²) in [5, 5.41) is 3.31. The summed E-state index contributed by atoms with van der Waals surface area (Å²) in [5.41, 5.74) is 1.02. The minimum atomic E-state index is -0.391. The molecule has 0 fully saturated rings. The number of aromatic nitrogens is 1. The molecule has 0 amide bonds. The van der Waals surface area contributed by atoms with Gasteiger partial charge in [-0.05, 0) is 32.9 Å². The van der Waals surface area contributed by atoms with Crippen LogP contribution in [0.15, 0.2) is 29.0 Å². The highest BCUT2D eigenvalue weighted by Gasteiger charge is 2.17. The Bertz CT molecular complexity index is 588. The van der Waals surface area contributed by atoms with E-state index in [9.17, 15) is 4.39 Å². The number of benzene rings is 1. The summed E-state index contributed by atoms with van der Waals surface area (Å²) in [7, 11) is 1.50. The highest BCUT2D eigenvalue weighted by Crippen LogP contribution is 2.28. The molecule has 4 nitrogen and oxygen atoms in total. The second-order valence-electron chi connectivity index (χ2n) is 5.58. The van der Waals surface area contributed by atoms with Gasteiger partial charge in [0.15, 0.2) is 12.2 Å². The number of hydrogen-bond donors (Lipinski definition) is 1. The van der Waals surface area contributed by atoms with Crippen LogP contribution >= 0.6 is 0 Å². The molecular weight excluding hydrogens is 259 g/mol. The van der Waals surface area contributed by atoms with Crippen molar-refractivity contribution in [3.05, 3.63) is 36.1 Å². The Kier molecular flexibility index (Phi) is 4.09. The van der Waals surface area contributed by atoms with Crippen molar-refractivity contribution in [3.8, 4) is 17.1 Å². The first kappa shape index (κ1) is 14.5. The zero-order chi connectivity index (χ0) is 14.8. The zero-order valence-corrected chi connectivity index (χ0v) is 12.2. The Morgan fingerprint density at radius 2 is 2.10 bits per heavy atom. The molecule has 0 spiro atoms. The van der Waals surface area contributed by atoms with E-state index in [0.29, 0.717) is 29.3 Å². The van der Waals surface area contributed by atoms with E-state index in [4.69, 9.17) is 9.15 Å². The van der Waals surface area contributed by atoms with Crippen molar-refractivity contribution >= 4 is 0 Å². The molecule has 0 aliphatic rings. The van der Waals surface area contributed by atoms with Crippen LogP contribution < -0.4 is 10.1 Å². The van der Waals surface area contributed by atoms with Gasteiger partial charge in [-0.3, -0.25) is 0 Å². The van der Waals surface area contributed by atoms with Crippen molar-refractivity contribution < 1.29 is 13.5 Å². The lowest BCUT2D eigenvalue weighted by Gasteiger charge is -2.19. The van der Waals surface area contributed by atoms with Gasteiger partial charge in [-0.1, -0.05) is 0 Å². The molecule has 0 saturated heterocycles. The van der Waals surface area contributed by atoms with E-state index in [1.807, 2.05) is 0 Å². The summed E-state index contributed by atoms with van der Waals surface area (Å²) in [6.07, 6.45) is 1.33. The van der Waals surface area contributed by atoms with Crippen molar-refractivity contribution in [2.24, 2.45) is 0 Å². The quantitative estimate of drug-likeness (QED) is 0.931. The van der Waals surface area contributed by atoms with Crippen LogP contribution in [0.1, 0.15) is 26.5 Å². The predicted octanol–water partition coefficient (Wildman–Crippen LogP) is 3.38. The molecule has 1 aromatic heterocycles. The maximum absolute atomic E-state index is 14.1. The average Bonchev–Trinajstić information content (AvgIpc) is 2.83. The topological polar surface area (TPSA) is 47.3 Å². The lowest BCUT2D eigenvalue weighted by molar-refractivity contribution is 0.411. The maximum Gasteiger partial charge on any atom is 0.181 e. The monoisotopic (exact) mass is 278 g/mol. The third kappa shape index (κ3) is 3.36. The standard InChI is InChI=1S/C15H19FN2O2/c1-15(2,3)18-8-13-14(20-9-17-13)11-6-5-10(19-4)7-12(11)16/h5-7,9,18H,8H2,1-4H3. The smallest absolute Gasteiger partial charge is 0.181 e. The molecule has 0 atom stereocenters. The fourth-order valence-corrected chi connectivity index (χ4v) is 1.77. The van der Waals surface area contributed by atoms with E-state index >= 15 is 0 Å². The van der Waals surface area contributed by atoms with E-state index in [-0.39, 0.29) is 5.54 Å². The van der Waals surface area contributed by atoms with Gasteiger partial charge in [0, 0.05) is 18.2 Å². The second-order valence-corrected chi connectivity index (χ2v) is 5.58. The third-order valence-electron chi connectivity index (χ3n) is 2.85. The van der Waals surface area contributed by atoms with Gasteiger partial charge in [0.05, 0.1) is 12.7 Å². The first-order chi connectivity index (χ1) is 9.40. The molecule has 0 radical (unpaired) electrons. The molecule has 0 unspecified atom stereocenters. The summed E-state index contributed by atoms with van der Waals surface area (Å²) < 4.78 is 24.4. The Morgan fingerprint density at radius 1 is 1.35 bits per heavy atom. The van der Waals surface area contributed by atoms with Crippen LogP contribution in [-0.4, -0.2) is 17.6 Å². The SMILES string of the molecule is COc1ccc(-c2ocnc2CNC(C)(C)C)c(F)c1. The Labute approximate surface area is 118 Å². The zero-order valence-electron chi connectivity index (χ0n) is 12.2. The summed E-state index contributed by atoms with van der Waals surface area (Å²) in [6, 6.07) is 4.66. The van der Waals surface area contributed by atoms with Crippen molar-refractivity contribution in [1.29, 1.82) is 0 Å². The first-order valence-electron chi connectivity index (χ1n) is 6.42. The van der Waals surface area contributed by atoms with Crippen molar-refractivity contribution in [2.45, 2.75) is 32.9 Å². The molecule has 0 aliphatic heterocycles. The summed E-state index contributed by atoms with van der Waals surface area (Å²) in [5.74, 6) is 0.528. The Balaban J connectivity index is 2.28. The van der Waals surface area contributed by atoms with Crippen LogP contribution in [0.25, 0.3) is 11.3 Å². The minimum absolute atomic E-state index is 0.0470. The molecule has 2 aromatic rings. The molecule has 20 heavy (non-hydrogen) atoms. The van der Waals surface area contributed by atoms with Crippen LogP contribution in [0.2, 0.25) is 0 Å². The van der Waals surface area contributed by atoms with Gasteiger partial charge >= 0.3 is 0 Å². The number of ether oxygens (including phenoxy) is 1. The number of methoxy groups -OCH3 is 1. The molecule has 2 rings (SSSR count). The fraction of sp³-hybridized carbons (Fsp3) is 0.400. The van der Waals surface area contributed by atoms with Crippen LogP contribution in [0, 0.1) is 5.82 Å². The largest absolute Gasteiger partial charge is 0.497 e. The number of nitrogens with one attached hydrogen (secondary N) is 1. The molecule has 1 N–H and O–H groups in total. The molecular formula is C15H19FN2O2. The van der Waals surface area contributed by atoms with Gasteiger partial charge in [0.1, 0.15) is 17.3 Å². The first-order valence-corrected chi connectivity index (χ1v) is 6.42. The second kappa shape index (κ2) is 5.63. The molecule has 1 heterocycles. The van der Waals surface area contributed by atoms with Gasteiger partial charge < -0.3 is 14.5 Å². The van der Waals surface area contributed by atoms with Gasteiger partial charge in [-0.25, -0.2) is 9.37 Å². The molecule has 1 aromatic carbocycles. The number of halogens is 1. The number of oxazole rings is 1. The Hall–Kier alpha value is -1.88. The third-order valence-corrected chi connectivity index (χ3v) is 2.85. The molecule has 0 saturated carbocycles. The van der Waals surface area contributed by atoms with Gasteiger partial charge in [0.2, 0.25) is 0 Å². The van der Waals surface area contributed by atoms with E-state index < -0.39 is 5.82 Å². The van der Waals surface area contributed by atoms with Crippen LogP contribution in [-0.2, 0) is 6.54 Å². The van der Waals surface area contributed by atoms with E-state index in [2.05, 4.69) is 31.1 Å². The average molecular weight is 278 g/mol. The number of hydrogen-bond acceptors (Lipinski definition) is 4. The van der Waals surface area contributed by atoms with Gasteiger partial charge in [-0.15, -0.1) is 0 Å². The van der Waals surface area contributed by atoms with Crippen molar-refractivity contribution in [2.75, 3.05) is 7.11 Å². The van der Waals surface area contributed by atoms with Crippen LogP contribution in [0.3, 0.4) is 0 Å². The predicted molar refractivity (Wildman–Crippen MR) is 75.0 cm³/mol. The summed E-state index contributed by atoms with van der Waals surface area (Å²) >= 11 is 0. The molecule has 0 aliphatic carbocycles. The van der Waals surface area contributed by atoms with E-state index in [1.54, 1.807) is 12.1 Å². The molecule has 5 heteroatoms. The molecule has 108 valence electrons. The normalized spacial score (nSPS) is 11.7. The van der Waals surface area contributed by atoms with E-state index in [1.165, 1.54) is 19.6 Å². The van der Waals surface area contributed by atoms with Crippen LogP contribution in [0.5, 0.6) is 5.75 Å². The van der Waals surface area contributed by atoms with Gasteiger partial charge in [0.25, 0.3) is 0 Å². The Morgan fingerprint density at radius 3 is 2.70 bits per heavy atom. The fourth-order valence-electron chi connectivity index (χ4n) is 1.77. The lowest BCUT2D eigenvalue weighted by Crippen LogP contribution is -2.35. The van der Waals surface area contributed by atoms with Crippen LogP contribution in [0.4, 0.5) is 4.39 Å². The van der Waals surface area contributed by atoms with E-state index in [0.717, 1.165) is 0 Å². The maximum atomic E-state index is 14.1. The highest BCUT2D eigenvalue weighted by molar-refractivity contribution is 5.61. The highest BCUT2D eigenvalue weighted by atomic mass is 19.1. The minimum Gasteiger partial charge on any atom is -0.497 e. The van der Waals surface area contributed by atoms with Crippen molar-refractivity contribution in [1.82, 2.24) is 10.3 Å². The lowest BCUT2D eigenvalue weighted by atomic mass is 10.1. The van der Waals surface area contributed by atoms with Crippen molar-refractivity contribution in [3.63, 3.8) is 0 Å². The number of nitrogens with zero attached hydrogens (tertiary/aromatic N) is 1.